The van der Waals surface area contributed by atoms with Crippen molar-refractivity contribution in [2.75, 3.05) is 17.2 Å². The minimum absolute atomic E-state index is 0.689. The Labute approximate surface area is 128 Å². The topological polar surface area (TPSA) is 29.3 Å². The summed E-state index contributed by atoms with van der Waals surface area (Å²) in [5, 5.41) is 0. The van der Waals surface area contributed by atoms with E-state index < -0.39 is 0 Å². The molecule has 0 aromatic heterocycles. The quantitative estimate of drug-likeness (QED) is 0.835. The van der Waals surface area contributed by atoms with Gasteiger partial charge >= 0.3 is 0 Å². The SMILES string of the molecule is CC1Cc2ccccc2N(Cc2cc(N)cc(Br)c2)C1. The number of halogens is 1. The van der Waals surface area contributed by atoms with E-state index in [-0.39, 0.29) is 0 Å². The Morgan fingerprint density at radius 3 is 2.85 bits per heavy atom. The van der Waals surface area contributed by atoms with Crippen molar-refractivity contribution in [3.8, 4) is 0 Å². The average molecular weight is 331 g/mol. The first kappa shape index (κ1) is 13.5. The molecule has 0 saturated heterocycles. The predicted octanol–water partition coefficient (Wildman–Crippen LogP) is 4.23. The summed E-state index contributed by atoms with van der Waals surface area (Å²) in [4.78, 5) is 2.46. The molecule has 1 heterocycles. The molecule has 1 aliphatic heterocycles. The summed E-state index contributed by atoms with van der Waals surface area (Å²) in [6, 6.07) is 14.9. The number of nitrogen functional groups attached to an aromatic ring is 1. The number of fused-ring (bicyclic) bond motifs is 1. The molecule has 2 nitrogen and oxygen atoms in total. The van der Waals surface area contributed by atoms with Gasteiger partial charge in [0, 0.05) is 28.9 Å². The zero-order valence-corrected chi connectivity index (χ0v) is 13.2. The van der Waals surface area contributed by atoms with Crippen LogP contribution in [0.25, 0.3) is 0 Å². The van der Waals surface area contributed by atoms with E-state index in [1.54, 1.807) is 0 Å². The highest BCUT2D eigenvalue weighted by atomic mass is 79.9. The van der Waals surface area contributed by atoms with Crippen LogP contribution in [-0.2, 0) is 13.0 Å². The van der Waals surface area contributed by atoms with Gasteiger partial charge in [-0.05, 0) is 47.7 Å². The molecule has 3 rings (SSSR count). The van der Waals surface area contributed by atoms with Gasteiger partial charge in [0.05, 0.1) is 0 Å². The van der Waals surface area contributed by atoms with E-state index in [9.17, 15) is 0 Å². The van der Waals surface area contributed by atoms with Gasteiger partial charge in [0.2, 0.25) is 0 Å². The first-order chi connectivity index (χ1) is 9.61. The average Bonchev–Trinajstić information content (AvgIpc) is 2.37. The number of hydrogen-bond donors (Lipinski definition) is 1. The maximum Gasteiger partial charge on any atom is 0.0430 e. The lowest BCUT2D eigenvalue weighted by Crippen LogP contribution is -2.33. The molecule has 0 fully saturated rings. The molecule has 1 aliphatic rings. The summed E-state index contributed by atoms with van der Waals surface area (Å²) in [5.74, 6) is 0.689. The summed E-state index contributed by atoms with van der Waals surface area (Å²) in [6.45, 7) is 4.33. The third kappa shape index (κ3) is 2.83. The predicted molar refractivity (Wildman–Crippen MR) is 88.9 cm³/mol. The highest BCUT2D eigenvalue weighted by Crippen LogP contribution is 2.31. The normalized spacial score (nSPS) is 17.9. The number of rotatable bonds is 2. The molecule has 104 valence electrons. The number of anilines is 2. The second-order valence-corrected chi connectivity index (χ2v) is 6.63. The maximum absolute atomic E-state index is 5.94. The Morgan fingerprint density at radius 1 is 1.25 bits per heavy atom. The summed E-state index contributed by atoms with van der Waals surface area (Å²) >= 11 is 3.52. The molecule has 0 aliphatic carbocycles. The molecular weight excluding hydrogens is 312 g/mol. The first-order valence-electron chi connectivity index (χ1n) is 6.99. The number of hydrogen-bond acceptors (Lipinski definition) is 2. The Bertz CT molecular complexity index is 604. The van der Waals surface area contributed by atoms with Crippen LogP contribution >= 0.6 is 15.9 Å². The van der Waals surface area contributed by atoms with Crippen molar-refractivity contribution in [3.63, 3.8) is 0 Å². The number of benzene rings is 2. The first-order valence-corrected chi connectivity index (χ1v) is 7.79. The summed E-state index contributed by atoms with van der Waals surface area (Å²) in [7, 11) is 0. The van der Waals surface area contributed by atoms with Crippen LogP contribution in [0.5, 0.6) is 0 Å². The minimum Gasteiger partial charge on any atom is -0.399 e. The fraction of sp³-hybridized carbons (Fsp3) is 0.294. The lowest BCUT2D eigenvalue weighted by Gasteiger charge is -2.35. The minimum atomic E-state index is 0.689. The Hall–Kier alpha value is -1.48. The summed E-state index contributed by atoms with van der Waals surface area (Å²) in [6.07, 6.45) is 1.17. The van der Waals surface area contributed by atoms with Crippen LogP contribution in [0.1, 0.15) is 18.1 Å². The van der Waals surface area contributed by atoms with Crippen molar-refractivity contribution in [1.29, 1.82) is 0 Å². The number of para-hydroxylation sites is 1. The molecule has 1 unspecified atom stereocenters. The van der Waals surface area contributed by atoms with E-state index >= 15 is 0 Å². The van der Waals surface area contributed by atoms with Crippen molar-refractivity contribution >= 4 is 27.3 Å². The van der Waals surface area contributed by atoms with Crippen molar-refractivity contribution in [2.45, 2.75) is 19.9 Å². The summed E-state index contributed by atoms with van der Waals surface area (Å²) < 4.78 is 1.05. The monoisotopic (exact) mass is 330 g/mol. The van der Waals surface area contributed by atoms with Gasteiger partial charge in [0.25, 0.3) is 0 Å². The summed E-state index contributed by atoms with van der Waals surface area (Å²) in [5.41, 5.74) is 10.8. The lowest BCUT2D eigenvalue weighted by atomic mass is 9.93. The molecule has 0 radical (unpaired) electrons. The van der Waals surface area contributed by atoms with Crippen molar-refractivity contribution in [3.05, 3.63) is 58.1 Å². The highest BCUT2D eigenvalue weighted by Gasteiger charge is 2.21. The van der Waals surface area contributed by atoms with Gasteiger partial charge in [0.15, 0.2) is 0 Å². The lowest BCUT2D eigenvalue weighted by molar-refractivity contribution is 0.530. The zero-order chi connectivity index (χ0) is 14.1. The Balaban J connectivity index is 1.91. The van der Waals surface area contributed by atoms with Gasteiger partial charge in [-0.15, -0.1) is 0 Å². The van der Waals surface area contributed by atoms with Gasteiger partial charge < -0.3 is 10.6 Å². The van der Waals surface area contributed by atoms with E-state index in [1.807, 2.05) is 6.07 Å². The largest absolute Gasteiger partial charge is 0.399 e. The molecule has 0 saturated carbocycles. The van der Waals surface area contributed by atoms with E-state index in [0.29, 0.717) is 5.92 Å². The van der Waals surface area contributed by atoms with Gasteiger partial charge in [-0.2, -0.15) is 0 Å². The fourth-order valence-corrected chi connectivity index (χ4v) is 3.60. The number of nitrogens with zero attached hydrogens (tertiary/aromatic N) is 1. The maximum atomic E-state index is 5.94. The Morgan fingerprint density at radius 2 is 2.05 bits per heavy atom. The van der Waals surface area contributed by atoms with Crippen LogP contribution in [0, 0.1) is 5.92 Å². The zero-order valence-electron chi connectivity index (χ0n) is 11.6. The molecule has 0 bridgehead atoms. The molecule has 0 amide bonds. The molecule has 0 spiro atoms. The molecule has 3 heteroatoms. The van der Waals surface area contributed by atoms with E-state index in [2.05, 4.69) is 64.2 Å². The molecular formula is C17H19BrN2. The molecule has 1 atom stereocenters. The van der Waals surface area contributed by atoms with Gasteiger partial charge in [-0.25, -0.2) is 0 Å². The number of nitrogens with two attached hydrogens (primary N) is 1. The molecule has 20 heavy (non-hydrogen) atoms. The van der Waals surface area contributed by atoms with E-state index in [1.165, 1.54) is 23.2 Å². The standard InChI is InChI=1S/C17H19BrN2/c1-12-6-14-4-2-3-5-17(14)20(10-12)11-13-7-15(18)9-16(19)8-13/h2-5,7-9,12H,6,10-11,19H2,1H3. The van der Waals surface area contributed by atoms with Crippen molar-refractivity contribution in [2.24, 2.45) is 5.92 Å². The van der Waals surface area contributed by atoms with Crippen LogP contribution in [0.15, 0.2) is 46.9 Å². The van der Waals surface area contributed by atoms with Crippen LogP contribution in [0.2, 0.25) is 0 Å². The fourth-order valence-electron chi connectivity index (χ4n) is 3.04. The van der Waals surface area contributed by atoms with Crippen LogP contribution < -0.4 is 10.6 Å². The highest BCUT2D eigenvalue weighted by molar-refractivity contribution is 9.10. The van der Waals surface area contributed by atoms with E-state index in [4.69, 9.17) is 5.73 Å². The third-order valence-corrected chi connectivity index (χ3v) is 4.24. The second-order valence-electron chi connectivity index (χ2n) is 5.71. The molecule has 2 N–H and O–H groups in total. The smallest absolute Gasteiger partial charge is 0.0430 e. The second kappa shape index (κ2) is 5.49. The van der Waals surface area contributed by atoms with Crippen LogP contribution in [0.4, 0.5) is 11.4 Å². The van der Waals surface area contributed by atoms with Crippen molar-refractivity contribution in [1.82, 2.24) is 0 Å². The molecule has 2 aromatic rings. The third-order valence-electron chi connectivity index (χ3n) is 3.79. The van der Waals surface area contributed by atoms with Crippen LogP contribution in [-0.4, -0.2) is 6.54 Å². The van der Waals surface area contributed by atoms with Crippen LogP contribution in [0.3, 0.4) is 0 Å². The van der Waals surface area contributed by atoms with Gasteiger partial charge in [-0.1, -0.05) is 41.1 Å². The Kier molecular flexibility index (Phi) is 3.70. The van der Waals surface area contributed by atoms with Crippen molar-refractivity contribution < 1.29 is 0 Å². The van der Waals surface area contributed by atoms with Gasteiger partial charge in [-0.3, -0.25) is 0 Å². The van der Waals surface area contributed by atoms with Gasteiger partial charge in [0.1, 0.15) is 0 Å². The molecule has 2 aromatic carbocycles. The van der Waals surface area contributed by atoms with E-state index in [0.717, 1.165) is 23.2 Å².